The van der Waals surface area contributed by atoms with Gasteiger partial charge in [-0.2, -0.15) is 0 Å². The van der Waals surface area contributed by atoms with Crippen LogP contribution in [-0.4, -0.2) is 15.0 Å². The van der Waals surface area contributed by atoms with Gasteiger partial charge >= 0.3 is 0 Å². The lowest BCUT2D eigenvalue weighted by atomic mass is 10.2. The van der Waals surface area contributed by atoms with E-state index in [1.54, 1.807) is 18.6 Å². The van der Waals surface area contributed by atoms with Gasteiger partial charge < -0.3 is 0 Å². The molecule has 0 radical (unpaired) electrons. The van der Waals surface area contributed by atoms with Crippen LogP contribution < -0.4 is 0 Å². The molecule has 4 heteroatoms. The van der Waals surface area contributed by atoms with Crippen LogP contribution in [0.3, 0.4) is 0 Å². The quantitative estimate of drug-likeness (QED) is 0.672. The van der Waals surface area contributed by atoms with E-state index in [0.29, 0.717) is 0 Å². The van der Waals surface area contributed by atoms with E-state index in [9.17, 15) is 0 Å². The van der Waals surface area contributed by atoms with Crippen LogP contribution in [0.2, 0.25) is 5.28 Å². The van der Waals surface area contributed by atoms with Crippen molar-refractivity contribution in [3.8, 4) is 11.3 Å². The molecule has 0 aliphatic carbocycles. The van der Waals surface area contributed by atoms with Gasteiger partial charge in [0.2, 0.25) is 5.28 Å². The minimum atomic E-state index is 0.251. The van der Waals surface area contributed by atoms with Crippen molar-refractivity contribution in [1.82, 2.24) is 15.0 Å². The predicted octanol–water partition coefficient (Wildman–Crippen LogP) is 2.50. The van der Waals surface area contributed by atoms with Crippen molar-refractivity contribution in [1.29, 1.82) is 0 Å². The molecular weight excluding hydrogens is 198 g/mol. The maximum Gasteiger partial charge on any atom is 0.222 e. The molecule has 0 atom stereocenters. The average Bonchev–Trinajstić information content (AvgIpc) is 2.19. The van der Waals surface area contributed by atoms with Gasteiger partial charge in [-0.25, -0.2) is 9.97 Å². The van der Waals surface area contributed by atoms with Gasteiger partial charge in [0.1, 0.15) is 0 Å². The minimum Gasteiger partial charge on any atom is -0.256 e. The Hall–Kier alpha value is -1.48. The molecule has 0 unspecified atom stereocenters. The fraction of sp³-hybridized carbons (Fsp3) is 0.100. The van der Waals surface area contributed by atoms with Crippen molar-refractivity contribution in [2.75, 3.05) is 0 Å². The smallest absolute Gasteiger partial charge is 0.222 e. The highest BCUT2D eigenvalue weighted by atomic mass is 35.5. The van der Waals surface area contributed by atoms with Crippen LogP contribution in [0.1, 0.15) is 5.56 Å². The van der Waals surface area contributed by atoms with Gasteiger partial charge in [-0.1, -0.05) is 0 Å². The van der Waals surface area contributed by atoms with Gasteiger partial charge in [0.25, 0.3) is 0 Å². The van der Waals surface area contributed by atoms with Gasteiger partial charge in [-0.3, -0.25) is 4.98 Å². The molecular formula is C10H8ClN3. The molecule has 0 fully saturated rings. The van der Waals surface area contributed by atoms with Crippen molar-refractivity contribution in [3.05, 3.63) is 41.6 Å². The molecule has 2 aromatic rings. The van der Waals surface area contributed by atoms with Crippen LogP contribution in [0.4, 0.5) is 0 Å². The molecule has 0 saturated heterocycles. The Bertz CT molecular complexity index is 439. The third kappa shape index (κ3) is 1.88. The molecule has 0 N–H and O–H groups in total. The summed E-state index contributed by atoms with van der Waals surface area (Å²) in [5, 5.41) is 0.251. The molecule has 2 aromatic heterocycles. The Balaban J connectivity index is 2.44. The SMILES string of the molecule is Cc1ccnc(-c2cnc(Cl)nc2)c1. The number of nitrogens with zero attached hydrogens (tertiary/aromatic N) is 3. The highest BCUT2D eigenvalue weighted by Crippen LogP contribution is 2.16. The highest BCUT2D eigenvalue weighted by Gasteiger charge is 2.00. The Morgan fingerprint density at radius 3 is 2.50 bits per heavy atom. The van der Waals surface area contributed by atoms with Crippen LogP contribution in [0.5, 0.6) is 0 Å². The van der Waals surface area contributed by atoms with Crippen LogP contribution >= 0.6 is 11.6 Å². The first kappa shape index (κ1) is 9.09. The molecule has 0 aromatic carbocycles. The van der Waals surface area contributed by atoms with Crippen LogP contribution in [-0.2, 0) is 0 Å². The first-order chi connectivity index (χ1) is 6.75. The first-order valence-electron chi connectivity index (χ1n) is 4.16. The van der Waals surface area contributed by atoms with Gasteiger partial charge in [0, 0.05) is 24.2 Å². The van der Waals surface area contributed by atoms with Crippen molar-refractivity contribution < 1.29 is 0 Å². The predicted molar refractivity (Wildman–Crippen MR) is 55.0 cm³/mol. The van der Waals surface area contributed by atoms with E-state index in [1.165, 1.54) is 0 Å². The number of halogens is 1. The normalized spacial score (nSPS) is 10.1. The molecule has 14 heavy (non-hydrogen) atoms. The molecule has 0 aliphatic rings. The van der Waals surface area contributed by atoms with Gasteiger partial charge in [0.15, 0.2) is 0 Å². The summed E-state index contributed by atoms with van der Waals surface area (Å²) in [4.78, 5) is 12.0. The fourth-order valence-corrected chi connectivity index (χ4v) is 1.24. The Labute approximate surface area is 86.8 Å². The molecule has 0 bridgehead atoms. The summed E-state index contributed by atoms with van der Waals surface area (Å²) in [6.45, 7) is 2.02. The molecule has 2 rings (SSSR count). The Morgan fingerprint density at radius 2 is 1.86 bits per heavy atom. The number of hydrogen-bond donors (Lipinski definition) is 0. The van der Waals surface area contributed by atoms with Crippen LogP contribution in [0.25, 0.3) is 11.3 Å². The summed E-state index contributed by atoms with van der Waals surface area (Å²) in [6.07, 6.45) is 5.09. The van der Waals surface area contributed by atoms with E-state index in [2.05, 4.69) is 15.0 Å². The van der Waals surface area contributed by atoms with Crippen molar-refractivity contribution >= 4 is 11.6 Å². The Morgan fingerprint density at radius 1 is 1.14 bits per heavy atom. The zero-order chi connectivity index (χ0) is 9.97. The maximum atomic E-state index is 5.59. The summed E-state index contributed by atoms with van der Waals surface area (Å²) < 4.78 is 0. The summed E-state index contributed by atoms with van der Waals surface area (Å²) in [5.74, 6) is 0. The van der Waals surface area contributed by atoms with E-state index >= 15 is 0 Å². The summed E-state index contributed by atoms with van der Waals surface area (Å²) in [5.41, 5.74) is 2.89. The van der Waals surface area contributed by atoms with Gasteiger partial charge in [0.05, 0.1) is 5.69 Å². The second kappa shape index (κ2) is 3.72. The molecule has 2 heterocycles. The summed E-state index contributed by atoms with van der Waals surface area (Å²) >= 11 is 5.59. The second-order valence-electron chi connectivity index (χ2n) is 2.96. The third-order valence-electron chi connectivity index (χ3n) is 1.83. The molecule has 0 spiro atoms. The number of aryl methyl sites for hydroxylation is 1. The molecule has 0 amide bonds. The zero-order valence-electron chi connectivity index (χ0n) is 7.61. The molecule has 70 valence electrons. The lowest BCUT2D eigenvalue weighted by Gasteiger charge is -2.00. The van der Waals surface area contributed by atoms with Gasteiger partial charge in [-0.05, 0) is 36.2 Å². The standard InChI is InChI=1S/C10H8ClN3/c1-7-2-3-12-9(4-7)8-5-13-10(11)14-6-8/h2-6H,1H3. The first-order valence-corrected chi connectivity index (χ1v) is 4.54. The lowest BCUT2D eigenvalue weighted by molar-refractivity contribution is 1.16. The molecule has 0 aliphatic heterocycles. The fourth-order valence-electron chi connectivity index (χ4n) is 1.14. The topological polar surface area (TPSA) is 38.7 Å². The second-order valence-corrected chi connectivity index (χ2v) is 3.30. The number of hydrogen-bond acceptors (Lipinski definition) is 3. The third-order valence-corrected chi connectivity index (χ3v) is 2.03. The largest absolute Gasteiger partial charge is 0.256 e. The average molecular weight is 206 g/mol. The minimum absolute atomic E-state index is 0.251. The van der Waals surface area contributed by atoms with Crippen LogP contribution in [0.15, 0.2) is 30.7 Å². The highest BCUT2D eigenvalue weighted by molar-refractivity contribution is 6.28. The number of rotatable bonds is 1. The molecule has 3 nitrogen and oxygen atoms in total. The van der Waals surface area contributed by atoms with Crippen molar-refractivity contribution in [3.63, 3.8) is 0 Å². The van der Waals surface area contributed by atoms with E-state index in [-0.39, 0.29) is 5.28 Å². The molecule has 0 saturated carbocycles. The van der Waals surface area contributed by atoms with Crippen molar-refractivity contribution in [2.24, 2.45) is 0 Å². The monoisotopic (exact) mass is 205 g/mol. The summed E-state index contributed by atoms with van der Waals surface area (Å²) in [6, 6.07) is 3.92. The number of pyridine rings is 1. The van der Waals surface area contributed by atoms with E-state index < -0.39 is 0 Å². The van der Waals surface area contributed by atoms with E-state index in [1.807, 2.05) is 19.1 Å². The number of aromatic nitrogens is 3. The Kier molecular flexibility index (Phi) is 2.41. The maximum absolute atomic E-state index is 5.59. The van der Waals surface area contributed by atoms with Crippen LogP contribution in [0, 0.1) is 6.92 Å². The summed E-state index contributed by atoms with van der Waals surface area (Å²) in [7, 11) is 0. The van der Waals surface area contributed by atoms with Crippen molar-refractivity contribution in [2.45, 2.75) is 6.92 Å². The van der Waals surface area contributed by atoms with Gasteiger partial charge in [-0.15, -0.1) is 0 Å². The zero-order valence-corrected chi connectivity index (χ0v) is 8.36. The van der Waals surface area contributed by atoms with E-state index in [0.717, 1.165) is 16.8 Å². The lowest BCUT2D eigenvalue weighted by Crippen LogP contribution is -1.87. The van der Waals surface area contributed by atoms with E-state index in [4.69, 9.17) is 11.6 Å².